The van der Waals surface area contributed by atoms with Gasteiger partial charge in [-0.2, -0.15) is 0 Å². The van der Waals surface area contributed by atoms with Gasteiger partial charge in [-0.15, -0.1) is 23.2 Å². The second-order valence-corrected chi connectivity index (χ2v) is 9.86. The van der Waals surface area contributed by atoms with Crippen molar-refractivity contribution in [2.75, 3.05) is 29.7 Å². The van der Waals surface area contributed by atoms with Crippen LogP contribution in [0.4, 0.5) is 5.69 Å². The number of carbonyl (C=O) groups excluding carboxylic acids is 1. The smallest absolute Gasteiger partial charge is 0.343 e. The number of ether oxygens (including phenoxy) is 1. The molecule has 0 heterocycles. The summed E-state index contributed by atoms with van der Waals surface area (Å²) in [7, 11) is 0. The van der Waals surface area contributed by atoms with Crippen molar-refractivity contribution >= 4 is 46.8 Å². The second kappa shape index (κ2) is 15.3. The lowest BCUT2D eigenvalue weighted by Gasteiger charge is -2.39. The number of rotatable bonds is 16. The van der Waals surface area contributed by atoms with Crippen LogP contribution in [0.25, 0.3) is 0 Å². The number of hydrogen-bond donors (Lipinski definition) is 2. The molecule has 3 aromatic rings. The van der Waals surface area contributed by atoms with Gasteiger partial charge in [0.15, 0.2) is 5.75 Å². The Labute approximate surface area is 243 Å². The van der Waals surface area contributed by atoms with E-state index in [2.05, 4.69) is 0 Å². The predicted octanol–water partition coefficient (Wildman–Crippen LogP) is 5.27. The number of halogens is 2. The largest absolute Gasteiger partial charge is 0.481 e. The first-order valence-electron chi connectivity index (χ1n) is 12.8. The summed E-state index contributed by atoms with van der Waals surface area (Å²) in [4.78, 5) is 42.2. The molecule has 0 saturated heterocycles. The SMILES string of the molecule is O=C(O)CCC(C(=O)O)(C(=O)Oc1ccccc1N(CCCl)CCCl)N(Cc1ccccc1)Cc1ccccc1. The Hall–Kier alpha value is -3.59. The van der Waals surface area contributed by atoms with Crippen molar-refractivity contribution in [3.63, 3.8) is 0 Å². The lowest BCUT2D eigenvalue weighted by Crippen LogP contribution is -2.61. The monoisotopic (exact) mass is 586 g/mol. The van der Waals surface area contributed by atoms with E-state index in [1.807, 2.05) is 65.6 Å². The number of aliphatic carboxylic acids is 2. The number of anilines is 1. The quantitative estimate of drug-likeness (QED) is 0.101. The second-order valence-electron chi connectivity index (χ2n) is 9.11. The molecule has 0 saturated carbocycles. The Morgan fingerprint density at radius 3 is 1.73 bits per heavy atom. The molecular formula is C30H32Cl2N2O6. The topological polar surface area (TPSA) is 107 Å². The highest BCUT2D eigenvalue weighted by molar-refractivity contribution is 6.18. The molecule has 3 aromatic carbocycles. The van der Waals surface area contributed by atoms with E-state index in [0.29, 0.717) is 30.5 Å². The fraction of sp³-hybridized carbons (Fsp3) is 0.300. The van der Waals surface area contributed by atoms with Gasteiger partial charge in [0.2, 0.25) is 5.54 Å². The van der Waals surface area contributed by atoms with Crippen LogP contribution in [0.5, 0.6) is 5.75 Å². The lowest BCUT2D eigenvalue weighted by molar-refractivity contribution is -0.168. The molecule has 0 radical (unpaired) electrons. The zero-order chi connectivity index (χ0) is 29.0. The highest BCUT2D eigenvalue weighted by Crippen LogP contribution is 2.33. The van der Waals surface area contributed by atoms with Gasteiger partial charge in [-0.25, -0.2) is 9.59 Å². The van der Waals surface area contributed by atoms with Gasteiger partial charge in [-0.3, -0.25) is 9.69 Å². The fourth-order valence-electron chi connectivity index (χ4n) is 4.49. The molecule has 3 rings (SSSR count). The van der Waals surface area contributed by atoms with Crippen molar-refractivity contribution in [1.82, 2.24) is 4.90 Å². The molecule has 0 aliphatic heterocycles. The van der Waals surface area contributed by atoms with E-state index in [-0.39, 0.29) is 18.8 Å². The third kappa shape index (κ3) is 7.97. The van der Waals surface area contributed by atoms with Crippen LogP contribution in [-0.2, 0) is 27.5 Å². The van der Waals surface area contributed by atoms with Crippen molar-refractivity contribution in [3.05, 3.63) is 96.1 Å². The summed E-state index contributed by atoms with van der Waals surface area (Å²) in [6, 6.07) is 24.9. The average Bonchev–Trinajstić information content (AvgIpc) is 2.94. The summed E-state index contributed by atoms with van der Waals surface area (Å²) in [6.45, 7) is 0.951. The Morgan fingerprint density at radius 1 is 0.750 bits per heavy atom. The molecule has 1 atom stereocenters. The summed E-state index contributed by atoms with van der Waals surface area (Å²) in [5, 5.41) is 20.2. The number of alkyl halides is 2. The van der Waals surface area contributed by atoms with E-state index in [0.717, 1.165) is 11.1 Å². The Bertz CT molecular complexity index is 1210. The van der Waals surface area contributed by atoms with Gasteiger partial charge in [0.1, 0.15) is 0 Å². The van der Waals surface area contributed by atoms with E-state index in [9.17, 15) is 24.6 Å². The molecule has 0 fully saturated rings. The molecule has 0 aliphatic carbocycles. The maximum atomic E-state index is 14.1. The zero-order valence-electron chi connectivity index (χ0n) is 21.9. The normalized spacial score (nSPS) is 12.5. The van der Waals surface area contributed by atoms with E-state index in [1.165, 1.54) is 4.90 Å². The molecule has 0 spiro atoms. The molecular weight excluding hydrogens is 555 g/mol. The minimum atomic E-state index is -2.32. The molecule has 8 nitrogen and oxygen atoms in total. The van der Waals surface area contributed by atoms with Crippen LogP contribution in [0.1, 0.15) is 24.0 Å². The van der Waals surface area contributed by atoms with Crippen molar-refractivity contribution < 1.29 is 29.3 Å². The molecule has 212 valence electrons. The molecule has 0 bridgehead atoms. The molecule has 10 heteroatoms. The number of esters is 1. The number of carboxylic acid groups (broad SMARTS) is 2. The first-order valence-corrected chi connectivity index (χ1v) is 13.8. The Balaban J connectivity index is 2.11. The van der Waals surface area contributed by atoms with Crippen LogP contribution >= 0.6 is 23.2 Å². The van der Waals surface area contributed by atoms with Gasteiger partial charge in [0.05, 0.1) is 5.69 Å². The Morgan fingerprint density at radius 2 is 1.25 bits per heavy atom. The predicted molar refractivity (Wildman–Crippen MR) is 155 cm³/mol. The van der Waals surface area contributed by atoms with Gasteiger partial charge in [0, 0.05) is 44.4 Å². The maximum absolute atomic E-state index is 14.1. The number of nitrogens with zero attached hydrogens (tertiary/aromatic N) is 2. The summed E-state index contributed by atoms with van der Waals surface area (Å²) in [6.07, 6.45) is -1.07. The van der Waals surface area contributed by atoms with Crippen LogP contribution in [0.2, 0.25) is 0 Å². The fourth-order valence-corrected chi connectivity index (χ4v) is 4.89. The average molecular weight is 588 g/mol. The lowest BCUT2D eigenvalue weighted by atomic mass is 9.89. The van der Waals surface area contributed by atoms with Gasteiger partial charge in [-0.05, 0) is 29.7 Å². The summed E-state index contributed by atoms with van der Waals surface area (Å²) in [5.41, 5.74) is -0.292. The third-order valence-corrected chi connectivity index (χ3v) is 6.82. The minimum Gasteiger partial charge on any atom is -0.481 e. The van der Waals surface area contributed by atoms with E-state index in [1.54, 1.807) is 24.3 Å². The minimum absolute atomic E-state index is 0.0586. The first kappa shape index (κ1) is 30.9. The first-order chi connectivity index (χ1) is 19.3. The van der Waals surface area contributed by atoms with E-state index in [4.69, 9.17) is 27.9 Å². The molecule has 1 unspecified atom stereocenters. The number of carbonyl (C=O) groups is 3. The highest BCUT2D eigenvalue weighted by atomic mass is 35.5. The number of benzene rings is 3. The van der Waals surface area contributed by atoms with Crippen molar-refractivity contribution in [2.45, 2.75) is 31.5 Å². The molecule has 0 amide bonds. The van der Waals surface area contributed by atoms with Gasteiger partial charge in [0.25, 0.3) is 0 Å². The number of hydrogen-bond acceptors (Lipinski definition) is 6. The van der Waals surface area contributed by atoms with Crippen LogP contribution in [0, 0.1) is 0 Å². The third-order valence-electron chi connectivity index (χ3n) is 6.48. The maximum Gasteiger partial charge on any atom is 0.343 e. The van der Waals surface area contributed by atoms with Crippen molar-refractivity contribution in [2.24, 2.45) is 0 Å². The van der Waals surface area contributed by atoms with Gasteiger partial charge in [-0.1, -0.05) is 72.8 Å². The van der Waals surface area contributed by atoms with Crippen molar-refractivity contribution in [1.29, 1.82) is 0 Å². The number of para-hydroxylation sites is 2. The molecule has 40 heavy (non-hydrogen) atoms. The summed E-state index contributed by atoms with van der Waals surface area (Å²) < 4.78 is 5.85. The summed E-state index contributed by atoms with van der Waals surface area (Å²) in [5.74, 6) is -3.10. The van der Waals surface area contributed by atoms with Gasteiger partial charge >= 0.3 is 17.9 Å². The molecule has 0 aliphatic rings. The molecule has 2 N–H and O–H groups in total. The van der Waals surface area contributed by atoms with Crippen molar-refractivity contribution in [3.8, 4) is 5.75 Å². The summed E-state index contributed by atoms with van der Waals surface area (Å²) >= 11 is 12.0. The Kier molecular flexibility index (Phi) is 11.8. The van der Waals surface area contributed by atoms with E-state index >= 15 is 0 Å². The van der Waals surface area contributed by atoms with Crippen LogP contribution in [0.3, 0.4) is 0 Å². The zero-order valence-corrected chi connectivity index (χ0v) is 23.4. The number of carboxylic acids is 2. The van der Waals surface area contributed by atoms with Crippen LogP contribution < -0.4 is 9.64 Å². The molecule has 0 aromatic heterocycles. The van der Waals surface area contributed by atoms with E-state index < -0.39 is 36.3 Å². The van der Waals surface area contributed by atoms with Gasteiger partial charge < -0.3 is 19.8 Å². The van der Waals surface area contributed by atoms with Crippen LogP contribution in [-0.4, -0.2) is 63.4 Å². The van der Waals surface area contributed by atoms with Crippen LogP contribution in [0.15, 0.2) is 84.9 Å². The standard InChI is InChI=1S/C30H32Cl2N2O6/c31-17-19-33(20-18-32)25-13-7-8-14-26(25)40-29(39)30(28(37)38,16-15-27(35)36)34(21-23-9-3-1-4-10-23)22-24-11-5-2-6-12-24/h1-14H,15-22H2,(H,35,36)(H,37,38). The highest BCUT2D eigenvalue weighted by Gasteiger charge is 2.53.